The van der Waals surface area contributed by atoms with Crippen molar-refractivity contribution in [2.45, 2.75) is 32.9 Å². The Labute approximate surface area is 154 Å². The maximum absolute atomic E-state index is 12.5. The van der Waals surface area contributed by atoms with Gasteiger partial charge in [0.25, 0.3) is 5.91 Å². The lowest BCUT2D eigenvalue weighted by Crippen LogP contribution is -2.45. The van der Waals surface area contributed by atoms with Crippen LogP contribution in [0.3, 0.4) is 0 Å². The molecule has 1 aliphatic heterocycles. The molecular weight excluding hydrogens is 330 g/mol. The van der Waals surface area contributed by atoms with Gasteiger partial charge in [-0.2, -0.15) is 0 Å². The Hall–Kier alpha value is -2.25. The van der Waals surface area contributed by atoms with Crippen molar-refractivity contribution in [2.24, 2.45) is 0 Å². The first-order valence-corrected chi connectivity index (χ1v) is 9.31. The number of likely N-dealkylation sites (N-methyl/N-ethyl adjacent to an activating group) is 1. The van der Waals surface area contributed by atoms with Gasteiger partial charge in [-0.25, -0.2) is 0 Å². The Morgan fingerprint density at radius 3 is 2.65 bits per heavy atom. The van der Waals surface area contributed by atoms with Gasteiger partial charge in [0, 0.05) is 38.4 Å². The van der Waals surface area contributed by atoms with Gasteiger partial charge in [-0.3, -0.25) is 14.7 Å². The van der Waals surface area contributed by atoms with Crippen molar-refractivity contribution in [3.63, 3.8) is 0 Å². The number of nitrogens with zero attached hydrogens (tertiary/aromatic N) is 4. The van der Waals surface area contributed by atoms with Crippen LogP contribution in [0.25, 0.3) is 0 Å². The fraction of sp³-hybridized carbons (Fsp3) is 0.526. The number of pyridine rings is 1. The van der Waals surface area contributed by atoms with Gasteiger partial charge in [-0.05, 0) is 25.1 Å². The third kappa shape index (κ3) is 4.68. The van der Waals surface area contributed by atoms with E-state index in [9.17, 15) is 4.79 Å². The van der Waals surface area contributed by atoms with Gasteiger partial charge < -0.3 is 14.7 Å². The molecule has 3 heterocycles. The summed E-state index contributed by atoms with van der Waals surface area (Å²) in [6.45, 7) is 10.1. The van der Waals surface area contributed by atoms with Gasteiger partial charge in [0.15, 0.2) is 11.5 Å². The van der Waals surface area contributed by atoms with Crippen LogP contribution >= 0.6 is 0 Å². The quantitative estimate of drug-likeness (QED) is 0.818. The molecule has 3 rings (SSSR count). The SMILES string of the molecule is CCC(NC(=O)c1cc(CN2CCN(CC)CC2)on1)c1ccccn1. The molecule has 0 bridgehead atoms. The van der Waals surface area contributed by atoms with Crippen molar-refractivity contribution in [1.29, 1.82) is 0 Å². The minimum atomic E-state index is -0.228. The average molecular weight is 357 g/mol. The monoisotopic (exact) mass is 357 g/mol. The van der Waals surface area contributed by atoms with E-state index >= 15 is 0 Å². The summed E-state index contributed by atoms with van der Waals surface area (Å²) in [5, 5.41) is 6.93. The van der Waals surface area contributed by atoms with Crippen LogP contribution in [-0.4, -0.2) is 58.6 Å². The number of carbonyl (C=O) groups is 1. The van der Waals surface area contributed by atoms with E-state index in [1.165, 1.54) is 0 Å². The largest absolute Gasteiger partial charge is 0.359 e. The molecule has 0 aliphatic carbocycles. The Morgan fingerprint density at radius 1 is 1.23 bits per heavy atom. The Bertz CT molecular complexity index is 695. The topological polar surface area (TPSA) is 74.5 Å². The Kier molecular flexibility index (Phi) is 6.35. The maximum Gasteiger partial charge on any atom is 0.274 e. The smallest absolute Gasteiger partial charge is 0.274 e. The fourth-order valence-electron chi connectivity index (χ4n) is 3.18. The van der Waals surface area contributed by atoms with E-state index in [0.29, 0.717) is 12.2 Å². The van der Waals surface area contributed by atoms with Crippen LogP contribution in [0.15, 0.2) is 35.0 Å². The van der Waals surface area contributed by atoms with Crippen molar-refractivity contribution < 1.29 is 9.32 Å². The number of rotatable bonds is 7. The fourth-order valence-corrected chi connectivity index (χ4v) is 3.18. The number of carbonyl (C=O) groups excluding carboxylic acids is 1. The predicted octanol–water partition coefficient (Wildman–Crippen LogP) is 2.09. The summed E-state index contributed by atoms with van der Waals surface area (Å²) >= 11 is 0. The molecule has 0 radical (unpaired) electrons. The van der Waals surface area contributed by atoms with Crippen LogP contribution in [0.5, 0.6) is 0 Å². The molecule has 1 N–H and O–H groups in total. The predicted molar refractivity (Wildman–Crippen MR) is 98.6 cm³/mol. The number of aromatic nitrogens is 2. The molecule has 2 aromatic heterocycles. The lowest BCUT2D eigenvalue weighted by atomic mass is 10.1. The molecule has 2 aromatic rings. The maximum atomic E-state index is 12.5. The first-order chi connectivity index (χ1) is 12.7. The minimum Gasteiger partial charge on any atom is -0.359 e. The highest BCUT2D eigenvalue weighted by Crippen LogP contribution is 2.15. The molecule has 0 saturated carbocycles. The van der Waals surface area contributed by atoms with Crippen molar-refractivity contribution in [3.05, 3.63) is 47.6 Å². The van der Waals surface area contributed by atoms with E-state index in [4.69, 9.17) is 4.52 Å². The highest BCUT2D eigenvalue weighted by Gasteiger charge is 2.21. The third-order valence-corrected chi connectivity index (χ3v) is 4.84. The molecule has 0 aromatic carbocycles. The highest BCUT2D eigenvalue weighted by atomic mass is 16.5. The zero-order chi connectivity index (χ0) is 18.4. The van der Waals surface area contributed by atoms with E-state index in [1.54, 1.807) is 12.3 Å². The molecule has 1 amide bonds. The van der Waals surface area contributed by atoms with Crippen LogP contribution in [0.2, 0.25) is 0 Å². The molecule has 7 nitrogen and oxygen atoms in total. The average Bonchev–Trinajstić information content (AvgIpc) is 3.16. The van der Waals surface area contributed by atoms with Gasteiger partial charge in [-0.15, -0.1) is 0 Å². The number of piperazine rings is 1. The first kappa shape index (κ1) is 18.5. The van der Waals surface area contributed by atoms with E-state index in [1.807, 2.05) is 25.1 Å². The molecule has 1 unspecified atom stereocenters. The van der Waals surface area contributed by atoms with Crippen LogP contribution in [0.4, 0.5) is 0 Å². The molecule has 1 saturated heterocycles. The molecule has 1 aliphatic rings. The van der Waals surface area contributed by atoms with Gasteiger partial charge >= 0.3 is 0 Å². The van der Waals surface area contributed by atoms with E-state index in [0.717, 1.165) is 50.6 Å². The number of hydrogen-bond donors (Lipinski definition) is 1. The second-order valence-corrected chi connectivity index (χ2v) is 6.58. The molecule has 7 heteroatoms. The van der Waals surface area contributed by atoms with Crippen LogP contribution in [-0.2, 0) is 6.54 Å². The standard InChI is InChI=1S/C19H27N5O2/c1-3-16(17-7-5-6-8-20-17)21-19(25)18-13-15(26-22-18)14-24-11-9-23(4-2)10-12-24/h5-8,13,16H,3-4,9-12,14H2,1-2H3,(H,21,25). The van der Waals surface area contributed by atoms with Crippen molar-refractivity contribution >= 4 is 5.91 Å². The summed E-state index contributed by atoms with van der Waals surface area (Å²) in [7, 11) is 0. The van der Waals surface area contributed by atoms with Crippen LogP contribution < -0.4 is 5.32 Å². The van der Waals surface area contributed by atoms with E-state index < -0.39 is 0 Å². The van der Waals surface area contributed by atoms with Gasteiger partial charge in [0.05, 0.1) is 18.3 Å². The summed E-state index contributed by atoms with van der Waals surface area (Å²) in [4.78, 5) is 21.6. The lowest BCUT2D eigenvalue weighted by Gasteiger charge is -2.33. The highest BCUT2D eigenvalue weighted by molar-refractivity contribution is 5.92. The van der Waals surface area contributed by atoms with Gasteiger partial charge in [-0.1, -0.05) is 25.1 Å². The Balaban J connectivity index is 1.56. The summed E-state index contributed by atoms with van der Waals surface area (Å²) in [6, 6.07) is 7.31. The molecule has 1 fully saturated rings. The summed E-state index contributed by atoms with van der Waals surface area (Å²) < 4.78 is 5.38. The van der Waals surface area contributed by atoms with Crippen LogP contribution in [0.1, 0.15) is 48.3 Å². The van der Waals surface area contributed by atoms with Crippen molar-refractivity contribution in [1.82, 2.24) is 25.3 Å². The minimum absolute atomic E-state index is 0.133. The molecule has 26 heavy (non-hydrogen) atoms. The second-order valence-electron chi connectivity index (χ2n) is 6.58. The molecular formula is C19H27N5O2. The van der Waals surface area contributed by atoms with E-state index in [2.05, 4.69) is 32.2 Å². The summed E-state index contributed by atoms with van der Waals surface area (Å²) in [6.07, 6.45) is 2.49. The normalized spacial score (nSPS) is 17.2. The third-order valence-electron chi connectivity index (χ3n) is 4.84. The number of nitrogens with one attached hydrogen (secondary N) is 1. The first-order valence-electron chi connectivity index (χ1n) is 9.31. The molecule has 1 atom stereocenters. The zero-order valence-corrected chi connectivity index (χ0v) is 15.5. The lowest BCUT2D eigenvalue weighted by molar-refractivity contribution is 0.0925. The summed E-state index contributed by atoms with van der Waals surface area (Å²) in [5.74, 6) is 0.499. The van der Waals surface area contributed by atoms with Crippen molar-refractivity contribution in [2.75, 3.05) is 32.7 Å². The number of hydrogen-bond acceptors (Lipinski definition) is 6. The van der Waals surface area contributed by atoms with Crippen LogP contribution in [0, 0.1) is 0 Å². The van der Waals surface area contributed by atoms with E-state index in [-0.39, 0.29) is 11.9 Å². The van der Waals surface area contributed by atoms with Gasteiger partial charge in [0.2, 0.25) is 0 Å². The number of amides is 1. The van der Waals surface area contributed by atoms with Gasteiger partial charge in [0.1, 0.15) is 0 Å². The van der Waals surface area contributed by atoms with Crippen molar-refractivity contribution in [3.8, 4) is 0 Å². The molecule has 0 spiro atoms. The second kappa shape index (κ2) is 8.91. The summed E-state index contributed by atoms with van der Waals surface area (Å²) in [5.41, 5.74) is 1.17. The zero-order valence-electron chi connectivity index (χ0n) is 15.5. The Morgan fingerprint density at radius 2 is 2.00 bits per heavy atom. The molecule has 140 valence electrons.